The van der Waals surface area contributed by atoms with Crippen molar-refractivity contribution in [2.75, 3.05) is 13.7 Å². The van der Waals surface area contributed by atoms with Crippen molar-refractivity contribution in [1.82, 2.24) is 10.6 Å². The molecule has 2 amide bonds. The highest BCUT2D eigenvalue weighted by Crippen LogP contribution is 2.23. The molecule has 2 atom stereocenters. The number of methoxy groups -OCH3 is 1. The molecule has 0 bridgehead atoms. The van der Waals surface area contributed by atoms with Crippen LogP contribution in [0.1, 0.15) is 36.8 Å². The van der Waals surface area contributed by atoms with Crippen LogP contribution < -0.4 is 10.6 Å². The number of carbonyl (C=O) groups is 1. The van der Waals surface area contributed by atoms with Gasteiger partial charge in [-0.1, -0.05) is 30.7 Å². The molecule has 2 rings (SSSR count). The number of amides is 2. The number of urea groups is 1. The highest BCUT2D eigenvalue weighted by molar-refractivity contribution is 5.73. The van der Waals surface area contributed by atoms with Crippen molar-refractivity contribution in [2.24, 2.45) is 5.92 Å². The van der Waals surface area contributed by atoms with E-state index in [-0.39, 0.29) is 12.1 Å². The number of aliphatic hydroxyl groups excluding tert-OH is 1. The molecule has 1 aliphatic rings. The second-order valence-electron chi connectivity index (χ2n) is 6.00. The van der Waals surface area contributed by atoms with E-state index in [2.05, 4.69) is 10.6 Å². The molecule has 2 unspecified atom stereocenters. The molecule has 22 heavy (non-hydrogen) atoms. The minimum atomic E-state index is -0.200. The zero-order chi connectivity index (χ0) is 15.8. The topological polar surface area (TPSA) is 70.6 Å². The summed E-state index contributed by atoms with van der Waals surface area (Å²) in [6.07, 6.45) is 3.61. The van der Waals surface area contributed by atoms with Crippen LogP contribution in [-0.2, 0) is 17.9 Å². The second-order valence-corrected chi connectivity index (χ2v) is 6.00. The van der Waals surface area contributed by atoms with Crippen LogP contribution in [-0.4, -0.2) is 30.9 Å². The van der Waals surface area contributed by atoms with E-state index in [0.29, 0.717) is 25.6 Å². The molecule has 0 aliphatic heterocycles. The molecule has 1 saturated carbocycles. The fraction of sp³-hybridized carbons (Fsp3) is 0.588. The number of nitrogens with one attached hydrogen (secondary N) is 2. The molecule has 1 aromatic rings. The van der Waals surface area contributed by atoms with Crippen molar-refractivity contribution in [2.45, 2.75) is 44.9 Å². The van der Waals surface area contributed by atoms with E-state index in [0.717, 1.165) is 36.8 Å². The van der Waals surface area contributed by atoms with E-state index in [1.54, 1.807) is 7.11 Å². The largest absolute Gasteiger partial charge is 0.393 e. The van der Waals surface area contributed by atoms with Gasteiger partial charge in [0.2, 0.25) is 0 Å². The summed E-state index contributed by atoms with van der Waals surface area (Å²) in [5.74, 6) is 0.392. The smallest absolute Gasteiger partial charge is 0.315 e. The number of carbonyl (C=O) groups excluding carboxylic acids is 1. The Bertz CT molecular complexity index is 461. The maximum atomic E-state index is 11.8. The van der Waals surface area contributed by atoms with Crippen molar-refractivity contribution in [3.8, 4) is 0 Å². The summed E-state index contributed by atoms with van der Waals surface area (Å²) < 4.78 is 5.07. The fourth-order valence-corrected chi connectivity index (χ4v) is 2.85. The van der Waals surface area contributed by atoms with Crippen molar-refractivity contribution < 1.29 is 14.6 Å². The molecular formula is C17H26N2O3. The van der Waals surface area contributed by atoms with Crippen molar-refractivity contribution >= 4 is 6.03 Å². The van der Waals surface area contributed by atoms with Gasteiger partial charge < -0.3 is 20.5 Å². The summed E-state index contributed by atoms with van der Waals surface area (Å²) >= 11 is 0. The Kier molecular flexibility index (Phi) is 6.68. The van der Waals surface area contributed by atoms with Crippen LogP contribution >= 0.6 is 0 Å². The van der Waals surface area contributed by atoms with Crippen LogP contribution in [0.3, 0.4) is 0 Å². The molecule has 3 N–H and O–H groups in total. The van der Waals surface area contributed by atoms with Gasteiger partial charge in [-0.05, 0) is 36.3 Å². The van der Waals surface area contributed by atoms with E-state index in [4.69, 9.17) is 4.74 Å². The Morgan fingerprint density at radius 2 is 1.95 bits per heavy atom. The third-order valence-electron chi connectivity index (χ3n) is 4.09. The predicted molar refractivity (Wildman–Crippen MR) is 85.4 cm³/mol. The van der Waals surface area contributed by atoms with Crippen LogP contribution in [0.2, 0.25) is 0 Å². The van der Waals surface area contributed by atoms with Crippen molar-refractivity contribution in [3.05, 3.63) is 35.4 Å². The quantitative estimate of drug-likeness (QED) is 0.754. The average molecular weight is 306 g/mol. The van der Waals surface area contributed by atoms with Gasteiger partial charge in [-0.3, -0.25) is 0 Å². The molecule has 1 fully saturated rings. The number of rotatable bonds is 6. The SMILES string of the molecule is COCc1ccc(CNC(=O)NCC2CCCC(O)C2)cc1. The molecule has 1 aromatic carbocycles. The fourth-order valence-electron chi connectivity index (χ4n) is 2.85. The summed E-state index contributed by atoms with van der Waals surface area (Å²) in [7, 11) is 1.67. The Balaban J connectivity index is 1.66. The van der Waals surface area contributed by atoms with Crippen LogP contribution in [0.4, 0.5) is 4.79 Å². The van der Waals surface area contributed by atoms with Gasteiger partial charge in [0, 0.05) is 20.2 Å². The number of aliphatic hydroxyl groups is 1. The molecular weight excluding hydrogens is 280 g/mol. The Labute approximate surface area is 132 Å². The first-order chi connectivity index (χ1) is 10.7. The standard InChI is InChI=1S/C17H26N2O3/c1-22-12-14-7-5-13(6-8-14)10-18-17(21)19-11-15-3-2-4-16(20)9-15/h5-8,15-16,20H,2-4,9-12H2,1H3,(H2,18,19,21). The molecule has 0 aromatic heterocycles. The normalized spacial score (nSPS) is 21.4. The highest BCUT2D eigenvalue weighted by Gasteiger charge is 2.20. The van der Waals surface area contributed by atoms with Gasteiger partial charge in [0.1, 0.15) is 0 Å². The molecule has 0 saturated heterocycles. The lowest BCUT2D eigenvalue weighted by atomic mass is 9.87. The van der Waals surface area contributed by atoms with Crippen LogP contribution in [0.15, 0.2) is 24.3 Å². The van der Waals surface area contributed by atoms with Gasteiger partial charge >= 0.3 is 6.03 Å². The minimum Gasteiger partial charge on any atom is -0.393 e. The minimum absolute atomic E-state index is 0.152. The van der Waals surface area contributed by atoms with Crippen LogP contribution in [0.25, 0.3) is 0 Å². The molecule has 0 radical (unpaired) electrons. The van der Waals surface area contributed by atoms with Gasteiger partial charge in [0.15, 0.2) is 0 Å². The highest BCUT2D eigenvalue weighted by atomic mass is 16.5. The zero-order valence-corrected chi connectivity index (χ0v) is 13.2. The van der Waals surface area contributed by atoms with Crippen LogP contribution in [0, 0.1) is 5.92 Å². The summed E-state index contributed by atoms with van der Waals surface area (Å²) in [5, 5.41) is 15.4. The Morgan fingerprint density at radius 1 is 1.23 bits per heavy atom. The third kappa shape index (κ3) is 5.66. The predicted octanol–water partition coefficient (Wildman–Crippen LogP) is 2.18. The van der Waals surface area contributed by atoms with Gasteiger partial charge in [-0.2, -0.15) is 0 Å². The first-order valence-corrected chi connectivity index (χ1v) is 7.94. The van der Waals surface area contributed by atoms with Gasteiger partial charge in [0.25, 0.3) is 0 Å². The first kappa shape index (κ1) is 16.8. The van der Waals surface area contributed by atoms with E-state index in [1.165, 1.54) is 0 Å². The number of hydrogen-bond acceptors (Lipinski definition) is 3. The maximum Gasteiger partial charge on any atom is 0.315 e. The van der Waals surface area contributed by atoms with E-state index in [9.17, 15) is 9.90 Å². The maximum absolute atomic E-state index is 11.8. The van der Waals surface area contributed by atoms with E-state index in [1.807, 2.05) is 24.3 Å². The monoisotopic (exact) mass is 306 g/mol. The zero-order valence-electron chi connectivity index (χ0n) is 13.2. The number of benzene rings is 1. The Morgan fingerprint density at radius 3 is 2.64 bits per heavy atom. The summed E-state index contributed by atoms with van der Waals surface area (Å²) in [6.45, 7) is 1.74. The van der Waals surface area contributed by atoms with Gasteiger partial charge in [-0.15, -0.1) is 0 Å². The molecule has 5 nitrogen and oxygen atoms in total. The molecule has 1 aliphatic carbocycles. The number of ether oxygens (including phenoxy) is 1. The Hall–Kier alpha value is -1.59. The summed E-state index contributed by atoms with van der Waals surface area (Å²) in [4.78, 5) is 11.8. The summed E-state index contributed by atoms with van der Waals surface area (Å²) in [6, 6.07) is 7.84. The second kappa shape index (κ2) is 8.76. The van der Waals surface area contributed by atoms with Crippen molar-refractivity contribution in [1.29, 1.82) is 0 Å². The average Bonchev–Trinajstić information content (AvgIpc) is 2.53. The van der Waals surface area contributed by atoms with E-state index < -0.39 is 0 Å². The molecule has 122 valence electrons. The third-order valence-corrected chi connectivity index (χ3v) is 4.09. The van der Waals surface area contributed by atoms with Gasteiger partial charge in [0.05, 0.1) is 12.7 Å². The lowest BCUT2D eigenvalue weighted by molar-refractivity contribution is 0.101. The van der Waals surface area contributed by atoms with Crippen molar-refractivity contribution in [3.63, 3.8) is 0 Å². The number of hydrogen-bond donors (Lipinski definition) is 3. The summed E-state index contributed by atoms with van der Waals surface area (Å²) in [5.41, 5.74) is 2.18. The molecule has 5 heteroatoms. The lowest BCUT2D eigenvalue weighted by Gasteiger charge is -2.25. The lowest BCUT2D eigenvalue weighted by Crippen LogP contribution is -2.39. The van der Waals surface area contributed by atoms with E-state index >= 15 is 0 Å². The van der Waals surface area contributed by atoms with Gasteiger partial charge in [-0.25, -0.2) is 4.79 Å². The molecule has 0 spiro atoms. The van der Waals surface area contributed by atoms with Crippen LogP contribution in [0.5, 0.6) is 0 Å². The first-order valence-electron chi connectivity index (χ1n) is 7.94. The molecule has 0 heterocycles.